The molecular formula is C12H22IN3S. The summed E-state index contributed by atoms with van der Waals surface area (Å²) >= 11 is 1.71. The Hall–Kier alpha value is -0.300. The lowest BCUT2D eigenvalue weighted by molar-refractivity contribution is 0.501. The van der Waals surface area contributed by atoms with E-state index in [1.54, 1.807) is 11.3 Å². The third-order valence-electron chi connectivity index (χ3n) is 1.84. The molecule has 0 radical (unpaired) electrons. The van der Waals surface area contributed by atoms with Gasteiger partial charge < -0.3 is 10.6 Å². The molecule has 0 unspecified atom stereocenters. The van der Waals surface area contributed by atoms with E-state index in [1.165, 1.54) is 5.56 Å². The fraction of sp³-hybridized carbons (Fsp3) is 0.583. The van der Waals surface area contributed by atoms with Gasteiger partial charge in [0, 0.05) is 12.1 Å². The van der Waals surface area contributed by atoms with Crippen LogP contribution in [0.2, 0.25) is 0 Å². The van der Waals surface area contributed by atoms with Crippen LogP contribution in [-0.4, -0.2) is 18.0 Å². The second-order valence-corrected chi connectivity index (χ2v) is 5.48. The van der Waals surface area contributed by atoms with E-state index in [2.05, 4.69) is 60.1 Å². The summed E-state index contributed by atoms with van der Waals surface area (Å²) in [7, 11) is 0. The molecular weight excluding hydrogens is 345 g/mol. The van der Waals surface area contributed by atoms with Crippen LogP contribution in [-0.2, 0) is 6.54 Å². The zero-order valence-electron chi connectivity index (χ0n) is 10.9. The molecule has 0 aliphatic carbocycles. The summed E-state index contributed by atoms with van der Waals surface area (Å²) in [6, 6.07) is 2.11. The molecule has 1 aromatic rings. The fourth-order valence-corrected chi connectivity index (χ4v) is 1.88. The maximum atomic E-state index is 4.54. The number of hydrogen-bond acceptors (Lipinski definition) is 2. The van der Waals surface area contributed by atoms with Crippen LogP contribution in [0.1, 0.15) is 33.3 Å². The van der Waals surface area contributed by atoms with E-state index >= 15 is 0 Å². The summed E-state index contributed by atoms with van der Waals surface area (Å²) in [5.41, 5.74) is 1.30. The molecule has 2 N–H and O–H groups in total. The molecule has 0 aliphatic rings. The topological polar surface area (TPSA) is 36.4 Å². The van der Waals surface area contributed by atoms with Crippen molar-refractivity contribution < 1.29 is 0 Å². The van der Waals surface area contributed by atoms with Gasteiger partial charge in [-0.3, -0.25) is 0 Å². The van der Waals surface area contributed by atoms with Gasteiger partial charge in [0.1, 0.15) is 0 Å². The van der Waals surface area contributed by atoms with E-state index in [0.717, 1.165) is 19.0 Å². The van der Waals surface area contributed by atoms with Crippen LogP contribution in [0.3, 0.4) is 0 Å². The predicted octanol–water partition coefficient (Wildman–Crippen LogP) is 3.22. The Balaban J connectivity index is 0.00000256. The normalized spacial score (nSPS) is 11.9. The number of hydrogen-bond donors (Lipinski definition) is 2. The summed E-state index contributed by atoms with van der Waals surface area (Å²) < 4.78 is 0. The fourth-order valence-electron chi connectivity index (χ4n) is 1.22. The van der Waals surface area contributed by atoms with Crippen LogP contribution in [0, 0.1) is 0 Å². The van der Waals surface area contributed by atoms with Gasteiger partial charge in [-0.05, 0) is 50.1 Å². The highest BCUT2D eigenvalue weighted by molar-refractivity contribution is 14.0. The Morgan fingerprint density at radius 2 is 2.12 bits per heavy atom. The van der Waals surface area contributed by atoms with Crippen molar-refractivity contribution in [1.29, 1.82) is 0 Å². The summed E-state index contributed by atoms with van der Waals surface area (Å²) in [5, 5.41) is 10.8. The van der Waals surface area contributed by atoms with E-state index in [0.29, 0.717) is 0 Å². The first-order valence-electron chi connectivity index (χ1n) is 5.59. The van der Waals surface area contributed by atoms with E-state index < -0.39 is 0 Å². The molecule has 0 fully saturated rings. The number of rotatable bonds is 3. The van der Waals surface area contributed by atoms with Crippen molar-refractivity contribution in [2.45, 2.75) is 39.8 Å². The molecule has 0 aromatic carbocycles. The van der Waals surface area contributed by atoms with Crippen molar-refractivity contribution in [1.82, 2.24) is 10.6 Å². The Labute approximate surface area is 125 Å². The zero-order valence-corrected chi connectivity index (χ0v) is 14.1. The maximum Gasteiger partial charge on any atom is 0.191 e. The second kappa shape index (κ2) is 7.92. The molecule has 1 aromatic heterocycles. The Morgan fingerprint density at radius 1 is 1.41 bits per heavy atom. The number of thiophene rings is 1. The lowest BCUT2D eigenvalue weighted by atomic mass is 10.1. The van der Waals surface area contributed by atoms with Gasteiger partial charge in [0.2, 0.25) is 0 Å². The number of nitrogens with zero attached hydrogens (tertiary/aromatic N) is 1. The molecule has 1 rings (SSSR count). The van der Waals surface area contributed by atoms with Gasteiger partial charge in [0.05, 0.1) is 6.54 Å². The van der Waals surface area contributed by atoms with Crippen LogP contribution < -0.4 is 10.6 Å². The average molecular weight is 367 g/mol. The lowest BCUT2D eigenvalue weighted by Gasteiger charge is -2.23. The van der Waals surface area contributed by atoms with Crippen LogP contribution >= 0.6 is 35.3 Å². The largest absolute Gasteiger partial charge is 0.357 e. The minimum absolute atomic E-state index is 0. The molecule has 0 spiro atoms. The summed E-state index contributed by atoms with van der Waals surface area (Å²) in [6.07, 6.45) is 0. The number of aliphatic imine (C=N–C) groups is 1. The van der Waals surface area contributed by atoms with Crippen LogP contribution in [0.5, 0.6) is 0 Å². The van der Waals surface area contributed by atoms with E-state index in [-0.39, 0.29) is 29.5 Å². The number of guanidine groups is 1. The molecule has 0 saturated carbocycles. The minimum atomic E-state index is 0. The maximum absolute atomic E-state index is 4.54. The first-order valence-corrected chi connectivity index (χ1v) is 6.53. The van der Waals surface area contributed by atoms with Crippen molar-refractivity contribution in [3.63, 3.8) is 0 Å². The third-order valence-corrected chi connectivity index (χ3v) is 2.57. The molecule has 3 nitrogen and oxygen atoms in total. The van der Waals surface area contributed by atoms with Gasteiger partial charge in [-0.2, -0.15) is 11.3 Å². The Kier molecular flexibility index (Phi) is 7.78. The van der Waals surface area contributed by atoms with Gasteiger partial charge in [-0.25, -0.2) is 4.99 Å². The van der Waals surface area contributed by atoms with Crippen molar-refractivity contribution in [2.24, 2.45) is 4.99 Å². The molecule has 17 heavy (non-hydrogen) atoms. The molecule has 0 aliphatic heterocycles. The molecule has 5 heteroatoms. The number of halogens is 1. The van der Waals surface area contributed by atoms with E-state index in [4.69, 9.17) is 0 Å². The molecule has 1 heterocycles. The quantitative estimate of drug-likeness (QED) is 0.489. The van der Waals surface area contributed by atoms with Crippen molar-refractivity contribution in [3.8, 4) is 0 Å². The van der Waals surface area contributed by atoms with Crippen molar-refractivity contribution >= 4 is 41.3 Å². The van der Waals surface area contributed by atoms with Gasteiger partial charge in [-0.15, -0.1) is 24.0 Å². The predicted molar refractivity (Wildman–Crippen MR) is 87.4 cm³/mol. The van der Waals surface area contributed by atoms with Crippen molar-refractivity contribution in [3.05, 3.63) is 22.4 Å². The highest BCUT2D eigenvalue weighted by atomic mass is 127. The van der Waals surface area contributed by atoms with Gasteiger partial charge in [0.25, 0.3) is 0 Å². The first-order chi connectivity index (χ1) is 7.51. The average Bonchev–Trinajstić information content (AvgIpc) is 2.64. The third kappa shape index (κ3) is 7.59. The monoisotopic (exact) mass is 367 g/mol. The second-order valence-electron chi connectivity index (χ2n) is 4.70. The lowest BCUT2D eigenvalue weighted by Crippen LogP contribution is -2.47. The molecule has 0 bridgehead atoms. The molecule has 0 amide bonds. The molecule has 98 valence electrons. The SMILES string of the molecule is CCNC(=NCc1ccsc1)NC(C)(C)C.I. The zero-order chi connectivity index (χ0) is 12.0. The van der Waals surface area contributed by atoms with Crippen LogP contribution in [0.15, 0.2) is 21.8 Å². The summed E-state index contributed by atoms with van der Waals surface area (Å²) in [6.45, 7) is 10.1. The highest BCUT2D eigenvalue weighted by Crippen LogP contribution is 2.07. The molecule has 0 atom stereocenters. The van der Waals surface area contributed by atoms with Gasteiger partial charge in [-0.1, -0.05) is 0 Å². The van der Waals surface area contributed by atoms with Gasteiger partial charge >= 0.3 is 0 Å². The summed E-state index contributed by atoms with van der Waals surface area (Å²) in [5.74, 6) is 0.876. The van der Waals surface area contributed by atoms with Gasteiger partial charge in [0.15, 0.2) is 5.96 Å². The minimum Gasteiger partial charge on any atom is -0.357 e. The standard InChI is InChI=1S/C12H21N3S.HI/c1-5-13-11(15-12(2,3)4)14-8-10-6-7-16-9-10;/h6-7,9H,5,8H2,1-4H3,(H2,13,14,15);1H. The first kappa shape index (κ1) is 16.7. The van der Waals surface area contributed by atoms with E-state index in [9.17, 15) is 0 Å². The van der Waals surface area contributed by atoms with Crippen LogP contribution in [0.25, 0.3) is 0 Å². The van der Waals surface area contributed by atoms with E-state index in [1.807, 2.05) is 0 Å². The summed E-state index contributed by atoms with van der Waals surface area (Å²) in [4.78, 5) is 4.54. The number of nitrogens with one attached hydrogen (secondary N) is 2. The van der Waals surface area contributed by atoms with Crippen LogP contribution in [0.4, 0.5) is 0 Å². The Bertz CT molecular complexity index is 328. The van der Waals surface area contributed by atoms with Crippen molar-refractivity contribution in [2.75, 3.05) is 6.54 Å². The highest BCUT2D eigenvalue weighted by Gasteiger charge is 2.11. The smallest absolute Gasteiger partial charge is 0.191 e. The molecule has 0 saturated heterocycles. The Morgan fingerprint density at radius 3 is 2.59 bits per heavy atom.